The minimum absolute atomic E-state index is 0.0789. The van der Waals surface area contributed by atoms with E-state index in [1.807, 2.05) is 36.1 Å². The number of methoxy groups -OCH3 is 1. The van der Waals surface area contributed by atoms with Gasteiger partial charge < -0.3 is 19.7 Å². The Kier molecular flexibility index (Phi) is 6.16. The molecule has 170 valence electrons. The number of carbonyl (C=O) groups excluding carboxylic acids is 2. The van der Waals surface area contributed by atoms with Crippen LogP contribution in [-0.2, 0) is 19.9 Å². The van der Waals surface area contributed by atoms with Crippen LogP contribution in [0.1, 0.15) is 24.5 Å². The number of hydrogen-bond acceptors (Lipinski definition) is 5. The highest BCUT2D eigenvalue weighted by molar-refractivity contribution is 6.31. The number of rotatable bonds is 6. The number of carbonyl (C=O) groups is 2. The van der Waals surface area contributed by atoms with Gasteiger partial charge in [-0.25, -0.2) is 0 Å². The third-order valence-electron chi connectivity index (χ3n) is 6.27. The Morgan fingerprint density at radius 3 is 2.69 bits per heavy atom. The van der Waals surface area contributed by atoms with Crippen molar-refractivity contribution in [1.82, 2.24) is 9.80 Å². The summed E-state index contributed by atoms with van der Waals surface area (Å²) in [6.07, 6.45) is 0.307. The zero-order valence-corrected chi connectivity index (χ0v) is 19.5. The molecule has 3 atom stereocenters. The average molecular weight is 458 g/mol. The molecule has 1 N–H and O–H groups in total. The Bertz CT molecular complexity index is 1040. The first-order chi connectivity index (χ1) is 15.3. The van der Waals surface area contributed by atoms with Gasteiger partial charge in [0.05, 0.1) is 19.3 Å². The topological polar surface area (TPSA) is 71.1 Å². The van der Waals surface area contributed by atoms with E-state index in [1.165, 1.54) is 0 Å². The van der Waals surface area contributed by atoms with Gasteiger partial charge in [-0.15, -0.1) is 0 Å². The van der Waals surface area contributed by atoms with Crippen LogP contribution in [-0.4, -0.2) is 68.1 Å². The van der Waals surface area contributed by atoms with Crippen molar-refractivity contribution in [2.24, 2.45) is 0 Å². The smallest absolute Gasteiger partial charge is 0.254 e. The second-order valence-corrected chi connectivity index (χ2v) is 8.71. The summed E-state index contributed by atoms with van der Waals surface area (Å²) in [4.78, 5) is 30.7. The third kappa shape index (κ3) is 3.45. The number of halogens is 1. The Hall–Kier alpha value is -2.61. The number of amides is 2. The lowest BCUT2D eigenvalue weighted by Crippen LogP contribution is -2.57. The van der Waals surface area contributed by atoms with Gasteiger partial charge in [-0.05, 0) is 37.6 Å². The molecule has 8 heteroatoms. The first-order valence-electron chi connectivity index (χ1n) is 10.7. The van der Waals surface area contributed by atoms with E-state index in [0.717, 1.165) is 0 Å². The van der Waals surface area contributed by atoms with Crippen molar-refractivity contribution in [3.8, 4) is 5.75 Å². The molecule has 0 aromatic heterocycles. The molecule has 2 aliphatic heterocycles. The van der Waals surface area contributed by atoms with Gasteiger partial charge in [0.2, 0.25) is 5.91 Å². The van der Waals surface area contributed by atoms with Crippen molar-refractivity contribution in [2.75, 3.05) is 39.7 Å². The zero-order chi connectivity index (χ0) is 23.0. The number of likely N-dealkylation sites (N-methyl/N-ethyl adjacent to an activating group) is 1. The summed E-state index contributed by atoms with van der Waals surface area (Å²) >= 11 is 6.41. The number of fused-ring (bicyclic) bond motifs is 1. The number of para-hydroxylation sites is 1. The van der Waals surface area contributed by atoms with E-state index in [0.29, 0.717) is 47.2 Å². The predicted octanol–water partition coefficient (Wildman–Crippen LogP) is 3.11. The minimum Gasteiger partial charge on any atom is -0.496 e. The van der Waals surface area contributed by atoms with Crippen LogP contribution in [0.25, 0.3) is 0 Å². The van der Waals surface area contributed by atoms with Crippen LogP contribution in [0, 0.1) is 0 Å². The van der Waals surface area contributed by atoms with E-state index in [1.54, 1.807) is 44.3 Å². The van der Waals surface area contributed by atoms with Crippen LogP contribution in [0.4, 0.5) is 5.69 Å². The maximum atomic E-state index is 13.9. The molecule has 4 rings (SSSR count). The van der Waals surface area contributed by atoms with E-state index in [9.17, 15) is 9.59 Å². The normalized spacial score (nSPS) is 24.8. The molecule has 0 spiro atoms. The standard InChI is InChI=1S/C24H28ClN3O4/c1-5-32-16-13-20(22(29)27(2)3)28(14-16)24(17-8-6-7-9-21(17)31-4)18-12-15(25)10-11-19(18)26-23(24)30/h6-12,16,20H,5,13-14H2,1-4H3,(H,26,30)/t16-,20+,24?/m1/s1. The van der Waals surface area contributed by atoms with Crippen molar-refractivity contribution in [3.63, 3.8) is 0 Å². The van der Waals surface area contributed by atoms with Crippen molar-refractivity contribution >= 4 is 29.1 Å². The zero-order valence-electron chi connectivity index (χ0n) is 18.7. The molecule has 1 unspecified atom stereocenters. The summed E-state index contributed by atoms with van der Waals surface area (Å²) in [7, 11) is 5.03. The van der Waals surface area contributed by atoms with Crippen LogP contribution in [0.3, 0.4) is 0 Å². The van der Waals surface area contributed by atoms with Crippen molar-refractivity contribution in [1.29, 1.82) is 0 Å². The number of anilines is 1. The molecular formula is C24H28ClN3O4. The minimum atomic E-state index is -1.30. The van der Waals surface area contributed by atoms with Gasteiger partial charge in [0.15, 0.2) is 5.54 Å². The molecule has 2 heterocycles. The Morgan fingerprint density at radius 2 is 2.00 bits per heavy atom. The number of nitrogens with zero attached hydrogens (tertiary/aromatic N) is 2. The molecule has 32 heavy (non-hydrogen) atoms. The third-order valence-corrected chi connectivity index (χ3v) is 6.50. The fraction of sp³-hybridized carbons (Fsp3) is 0.417. The van der Waals surface area contributed by atoms with Gasteiger partial charge in [-0.2, -0.15) is 0 Å². The molecule has 2 aliphatic rings. The highest BCUT2D eigenvalue weighted by Crippen LogP contribution is 2.51. The van der Waals surface area contributed by atoms with Crippen LogP contribution in [0.5, 0.6) is 5.75 Å². The number of likely N-dealkylation sites (tertiary alicyclic amines) is 1. The summed E-state index contributed by atoms with van der Waals surface area (Å²) in [6, 6.07) is 12.2. The fourth-order valence-electron chi connectivity index (χ4n) is 4.97. The predicted molar refractivity (Wildman–Crippen MR) is 123 cm³/mol. The van der Waals surface area contributed by atoms with Gasteiger partial charge in [0.1, 0.15) is 5.75 Å². The number of hydrogen-bond donors (Lipinski definition) is 1. The lowest BCUT2D eigenvalue weighted by molar-refractivity contribution is -0.138. The first-order valence-corrected chi connectivity index (χ1v) is 11.1. The van der Waals surface area contributed by atoms with Gasteiger partial charge in [-0.1, -0.05) is 29.8 Å². The second kappa shape index (κ2) is 8.73. The van der Waals surface area contributed by atoms with Crippen molar-refractivity contribution < 1.29 is 19.1 Å². The lowest BCUT2D eigenvalue weighted by Gasteiger charge is -2.41. The van der Waals surface area contributed by atoms with Gasteiger partial charge in [0, 0.05) is 49.1 Å². The molecule has 0 aliphatic carbocycles. The van der Waals surface area contributed by atoms with Crippen molar-refractivity contribution in [3.05, 3.63) is 58.6 Å². The molecule has 1 fully saturated rings. The van der Waals surface area contributed by atoms with Gasteiger partial charge >= 0.3 is 0 Å². The first kappa shape index (κ1) is 22.6. The van der Waals surface area contributed by atoms with Crippen LogP contribution >= 0.6 is 11.6 Å². The molecular weight excluding hydrogens is 430 g/mol. The summed E-state index contributed by atoms with van der Waals surface area (Å²) in [5.41, 5.74) is 0.735. The summed E-state index contributed by atoms with van der Waals surface area (Å²) in [5, 5.41) is 3.53. The molecule has 0 radical (unpaired) electrons. The Balaban J connectivity index is 2.00. The Morgan fingerprint density at radius 1 is 1.25 bits per heavy atom. The van der Waals surface area contributed by atoms with Gasteiger partial charge in [-0.3, -0.25) is 14.5 Å². The number of ether oxygens (including phenoxy) is 2. The summed E-state index contributed by atoms with van der Waals surface area (Å²) in [5.74, 6) is 0.240. The highest BCUT2D eigenvalue weighted by Gasteiger charge is 2.59. The summed E-state index contributed by atoms with van der Waals surface area (Å²) in [6.45, 7) is 2.87. The maximum Gasteiger partial charge on any atom is 0.254 e. The molecule has 2 aromatic rings. The molecule has 7 nitrogen and oxygen atoms in total. The quantitative estimate of drug-likeness (QED) is 0.721. The van der Waals surface area contributed by atoms with Crippen LogP contribution in [0.2, 0.25) is 5.02 Å². The highest BCUT2D eigenvalue weighted by atomic mass is 35.5. The van der Waals surface area contributed by atoms with Crippen LogP contribution in [0.15, 0.2) is 42.5 Å². The molecule has 0 saturated carbocycles. The van der Waals surface area contributed by atoms with E-state index < -0.39 is 11.6 Å². The number of benzene rings is 2. The maximum absolute atomic E-state index is 13.9. The van der Waals surface area contributed by atoms with Gasteiger partial charge in [0.25, 0.3) is 5.91 Å². The molecule has 1 saturated heterocycles. The number of nitrogens with one attached hydrogen (secondary N) is 1. The van der Waals surface area contributed by atoms with Crippen molar-refractivity contribution in [2.45, 2.75) is 31.0 Å². The molecule has 0 bridgehead atoms. The van der Waals surface area contributed by atoms with E-state index in [4.69, 9.17) is 21.1 Å². The average Bonchev–Trinajstić information content (AvgIpc) is 3.31. The van der Waals surface area contributed by atoms with E-state index in [-0.39, 0.29) is 17.9 Å². The molecule has 2 aromatic carbocycles. The van der Waals surface area contributed by atoms with Crippen LogP contribution < -0.4 is 10.1 Å². The second-order valence-electron chi connectivity index (χ2n) is 8.27. The monoisotopic (exact) mass is 457 g/mol. The SMILES string of the molecule is CCO[C@@H]1C[C@@H](C(=O)N(C)C)N(C2(c3ccccc3OC)C(=O)Nc3ccc(Cl)cc32)C1. The Labute approximate surface area is 193 Å². The molecule has 2 amide bonds. The largest absolute Gasteiger partial charge is 0.496 e. The lowest BCUT2D eigenvalue weighted by atomic mass is 9.80. The fourth-order valence-corrected chi connectivity index (χ4v) is 5.14. The van der Waals surface area contributed by atoms with E-state index in [2.05, 4.69) is 5.32 Å². The van der Waals surface area contributed by atoms with E-state index >= 15 is 0 Å². The summed E-state index contributed by atoms with van der Waals surface area (Å²) < 4.78 is 11.6.